The molecule has 0 aromatic heterocycles. The first-order chi connectivity index (χ1) is 8.55. The van der Waals surface area contributed by atoms with E-state index >= 15 is 0 Å². The Morgan fingerprint density at radius 1 is 1.05 bits per heavy atom. The van der Waals surface area contributed by atoms with Gasteiger partial charge in [0.05, 0.1) is 0 Å². The van der Waals surface area contributed by atoms with Crippen molar-refractivity contribution in [2.24, 2.45) is 5.41 Å². The number of carbonyl (C=O) groups excluding carboxylic acids is 1. The molecule has 0 saturated heterocycles. The number of carbonyl (C=O) groups is 1. The van der Waals surface area contributed by atoms with E-state index in [2.05, 4.69) is 26.1 Å². The van der Waals surface area contributed by atoms with Gasteiger partial charge in [-0.25, -0.2) is 4.79 Å². The van der Waals surface area contributed by atoms with Crippen molar-refractivity contribution >= 4 is 11.8 Å². The van der Waals surface area contributed by atoms with Gasteiger partial charge in [0.2, 0.25) is 0 Å². The van der Waals surface area contributed by atoms with Crippen molar-refractivity contribution in [1.82, 2.24) is 0 Å². The van der Waals surface area contributed by atoms with E-state index in [0.717, 1.165) is 12.1 Å². The molecule has 1 rings (SSSR count). The molecule has 0 saturated carbocycles. The quantitative estimate of drug-likeness (QED) is 0.845. The maximum absolute atomic E-state index is 11.6. The van der Waals surface area contributed by atoms with Gasteiger partial charge in [0.15, 0.2) is 0 Å². The number of hydrogen-bond acceptors (Lipinski definition) is 2. The van der Waals surface area contributed by atoms with Crippen LogP contribution in [0.5, 0.6) is 0 Å². The number of anilines is 1. The predicted octanol–water partition coefficient (Wildman–Crippen LogP) is 4.62. The van der Waals surface area contributed by atoms with Crippen molar-refractivity contribution in [2.45, 2.75) is 53.6 Å². The molecule has 0 aliphatic heterocycles. The molecule has 0 unspecified atom stereocenters. The fraction of sp³-hybridized carbons (Fsp3) is 0.562. The van der Waals surface area contributed by atoms with Crippen LogP contribution in [-0.4, -0.2) is 11.7 Å². The smallest absolute Gasteiger partial charge is 0.412 e. The van der Waals surface area contributed by atoms with E-state index in [4.69, 9.17) is 4.74 Å². The minimum Gasteiger partial charge on any atom is -0.444 e. The van der Waals surface area contributed by atoms with Crippen LogP contribution in [0, 0.1) is 5.41 Å². The topological polar surface area (TPSA) is 38.3 Å². The van der Waals surface area contributed by atoms with Crippen LogP contribution in [0.15, 0.2) is 24.3 Å². The van der Waals surface area contributed by atoms with Gasteiger partial charge in [-0.15, -0.1) is 0 Å². The van der Waals surface area contributed by atoms with Gasteiger partial charge in [0.25, 0.3) is 0 Å². The summed E-state index contributed by atoms with van der Waals surface area (Å²) in [6, 6.07) is 7.89. The molecular formula is C16H25NO2. The molecule has 0 fully saturated rings. The second kappa shape index (κ2) is 5.64. The molecular weight excluding hydrogens is 238 g/mol. The summed E-state index contributed by atoms with van der Waals surface area (Å²) in [7, 11) is 0. The van der Waals surface area contributed by atoms with Crippen molar-refractivity contribution in [1.29, 1.82) is 0 Å². The van der Waals surface area contributed by atoms with Gasteiger partial charge in [0, 0.05) is 5.69 Å². The molecule has 0 heterocycles. The first-order valence-corrected chi connectivity index (χ1v) is 6.64. The fourth-order valence-corrected chi connectivity index (χ4v) is 1.74. The van der Waals surface area contributed by atoms with Crippen LogP contribution in [0.1, 0.15) is 47.1 Å². The molecule has 0 aliphatic carbocycles. The zero-order valence-corrected chi connectivity index (χ0v) is 12.8. The third kappa shape index (κ3) is 6.85. The van der Waals surface area contributed by atoms with Crippen LogP contribution in [0.25, 0.3) is 0 Å². The van der Waals surface area contributed by atoms with Gasteiger partial charge in [-0.3, -0.25) is 5.32 Å². The van der Waals surface area contributed by atoms with Crippen LogP contribution >= 0.6 is 0 Å². The molecule has 1 aromatic carbocycles. The average Bonchev–Trinajstić information content (AvgIpc) is 2.15. The molecule has 1 N–H and O–H groups in total. The normalized spacial score (nSPS) is 12.1. The Hall–Kier alpha value is -1.51. The van der Waals surface area contributed by atoms with Crippen molar-refractivity contribution < 1.29 is 9.53 Å². The number of rotatable bonds is 2. The van der Waals surface area contributed by atoms with E-state index in [-0.39, 0.29) is 5.41 Å². The third-order valence-corrected chi connectivity index (χ3v) is 2.33. The Bertz CT molecular complexity index is 422. The van der Waals surface area contributed by atoms with Crippen molar-refractivity contribution in [3.05, 3.63) is 29.8 Å². The lowest BCUT2D eigenvalue weighted by Gasteiger charge is -2.20. The SMILES string of the molecule is CC(C)(C)Cc1ccc(NC(=O)OC(C)(C)C)cc1. The number of hydrogen-bond donors (Lipinski definition) is 1. The van der Waals surface area contributed by atoms with E-state index in [1.54, 1.807) is 0 Å². The second-order valence-electron chi connectivity index (χ2n) is 7.06. The van der Waals surface area contributed by atoms with Crippen LogP contribution in [0.4, 0.5) is 10.5 Å². The third-order valence-electron chi connectivity index (χ3n) is 2.33. The summed E-state index contributed by atoms with van der Waals surface area (Å²) in [5.41, 5.74) is 1.81. The van der Waals surface area contributed by atoms with Gasteiger partial charge in [-0.1, -0.05) is 32.9 Å². The lowest BCUT2D eigenvalue weighted by molar-refractivity contribution is 0.0636. The van der Waals surface area contributed by atoms with Crippen molar-refractivity contribution in [3.8, 4) is 0 Å². The maximum Gasteiger partial charge on any atom is 0.412 e. The van der Waals surface area contributed by atoms with Gasteiger partial charge in [-0.2, -0.15) is 0 Å². The summed E-state index contributed by atoms with van der Waals surface area (Å²) in [5, 5.41) is 2.73. The van der Waals surface area contributed by atoms with Crippen LogP contribution < -0.4 is 5.32 Å². The molecule has 0 bridgehead atoms. The molecule has 3 nitrogen and oxygen atoms in total. The first-order valence-electron chi connectivity index (χ1n) is 6.64. The Morgan fingerprint density at radius 3 is 2.00 bits per heavy atom. The molecule has 0 radical (unpaired) electrons. The van der Waals surface area contributed by atoms with E-state index in [1.165, 1.54) is 5.56 Å². The molecule has 3 heteroatoms. The zero-order valence-electron chi connectivity index (χ0n) is 12.8. The molecule has 0 aliphatic rings. The minimum absolute atomic E-state index is 0.264. The highest BCUT2D eigenvalue weighted by Crippen LogP contribution is 2.21. The Kier molecular flexibility index (Phi) is 4.61. The fourth-order valence-electron chi connectivity index (χ4n) is 1.74. The Labute approximate surface area is 116 Å². The summed E-state index contributed by atoms with van der Waals surface area (Å²) in [6.07, 6.45) is 0.593. The Morgan fingerprint density at radius 2 is 1.58 bits per heavy atom. The largest absolute Gasteiger partial charge is 0.444 e. The second-order valence-corrected chi connectivity index (χ2v) is 7.06. The van der Waals surface area contributed by atoms with E-state index in [9.17, 15) is 4.79 Å². The Balaban J connectivity index is 2.60. The molecule has 106 valence electrons. The van der Waals surface area contributed by atoms with Crippen molar-refractivity contribution in [2.75, 3.05) is 5.32 Å². The molecule has 0 atom stereocenters. The zero-order chi connectivity index (χ0) is 14.7. The molecule has 1 amide bonds. The van der Waals surface area contributed by atoms with E-state index in [1.807, 2.05) is 45.0 Å². The van der Waals surface area contributed by atoms with E-state index < -0.39 is 11.7 Å². The van der Waals surface area contributed by atoms with Crippen LogP contribution in [0.2, 0.25) is 0 Å². The lowest BCUT2D eigenvalue weighted by atomic mass is 9.88. The number of benzene rings is 1. The van der Waals surface area contributed by atoms with Gasteiger partial charge >= 0.3 is 6.09 Å². The predicted molar refractivity (Wildman–Crippen MR) is 79.5 cm³/mol. The monoisotopic (exact) mass is 263 g/mol. The number of ether oxygens (including phenoxy) is 1. The first kappa shape index (κ1) is 15.5. The molecule has 1 aromatic rings. The summed E-state index contributed by atoms with van der Waals surface area (Å²) in [4.78, 5) is 11.6. The highest BCUT2D eigenvalue weighted by Gasteiger charge is 2.16. The number of amides is 1. The van der Waals surface area contributed by atoms with Crippen LogP contribution in [-0.2, 0) is 11.2 Å². The summed E-state index contributed by atoms with van der Waals surface area (Å²) < 4.78 is 5.20. The summed E-state index contributed by atoms with van der Waals surface area (Å²) in [5.74, 6) is 0. The van der Waals surface area contributed by atoms with Crippen molar-refractivity contribution in [3.63, 3.8) is 0 Å². The lowest BCUT2D eigenvalue weighted by Crippen LogP contribution is -2.27. The average molecular weight is 263 g/mol. The summed E-state index contributed by atoms with van der Waals surface area (Å²) in [6.45, 7) is 12.2. The van der Waals surface area contributed by atoms with Gasteiger partial charge < -0.3 is 4.74 Å². The maximum atomic E-state index is 11.6. The van der Waals surface area contributed by atoms with E-state index in [0.29, 0.717) is 0 Å². The molecule has 19 heavy (non-hydrogen) atoms. The standard InChI is InChI=1S/C16H25NO2/c1-15(2,3)11-12-7-9-13(10-8-12)17-14(18)19-16(4,5)6/h7-10H,11H2,1-6H3,(H,17,18). The highest BCUT2D eigenvalue weighted by atomic mass is 16.6. The highest BCUT2D eigenvalue weighted by molar-refractivity contribution is 5.84. The van der Waals surface area contributed by atoms with Gasteiger partial charge in [-0.05, 0) is 50.3 Å². The number of nitrogens with one attached hydrogen (secondary N) is 1. The van der Waals surface area contributed by atoms with Crippen LogP contribution in [0.3, 0.4) is 0 Å². The summed E-state index contributed by atoms with van der Waals surface area (Å²) >= 11 is 0. The minimum atomic E-state index is -0.476. The molecule has 0 spiro atoms. The van der Waals surface area contributed by atoms with Gasteiger partial charge in [0.1, 0.15) is 5.60 Å².